The molecular weight excluding hydrogens is 306 g/mol. The van der Waals surface area contributed by atoms with Crippen LogP contribution in [0.25, 0.3) is 0 Å². The standard InChI is InChI=1S/C18H23N3O3/c1-20(2)7-8-24-17-10-21(16-12-23-11-15(16)17)18(22)14-5-3-13(9-19)4-6-14/h3-6,15-17H,7-8,10-12H2,1-2H3/t15-,16+,17-/m0/s1. The number of hydrogen-bond acceptors (Lipinski definition) is 5. The number of ether oxygens (including phenoxy) is 2. The molecule has 2 heterocycles. The molecule has 2 saturated heterocycles. The minimum atomic E-state index is -0.0151. The highest BCUT2D eigenvalue weighted by Gasteiger charge is 2.47. The van der Waals surface area contributed by atoms with E-state index in [1.807, 2.05) is 19.0 Å². The van der Waals surface area contributed by atoms with Crippen molar-refractivity contribution in [2.45, 2.75) is 12.1 Å². The molecule has 24 heavy (non-hydrogen) atoms. The molecular formula is C18H23N3O3. The summed E-state index contributed by atoms with van der Waals surface area (Å²) in [6, 6.07) is 8.93. The summed E-state index contributed by atoms with van der Waals surface area (Å²) in [5, 5.41) is 8.88. The fraction of sp³-hybridized carbons (Fsp3) is 0.556. The summed E-state index contributed by atoms with van der Waals surface area (Å²) in [5.41, 5.74) is 1.16. The monoisotopic (exact) mass is 329 g/mol. The summed E-state index contributed by atoms with van der Waals surface area (Å²) in [6.45, 7) is 3.33. The molecule has 1 aromatic rings. The Kier molecular flexibility index (Phi) is 5.14. The topological polar surface area (TPSA) is 65.8 Å². The van der Waals surface area contributed by atoms with Crippen molar-refractivity contribution in [1.29, 1.82) is 5.26 Å². The lowest BCUT2D eigenvalue weighted by molar-refractivity contribution is 0.0136. The smallest absolute Gasteiger partial charge is 0.254 e. The summed E-state index contributed by atoms with van der Waals surface area (Å²) >= 11 is 0. The molecule has 6 heteroatoms. The van der Waals surface area contributed by atoms with E-state index in [4.69, 9.17) is 14.7 Å². The van der Waals surface area contributed by atoms with Crippen molar-refractivity contribution in [3.8, 4) is 6.07 Å². The van der Waals surface area contributed by atoms with E-state index in [0.29, 0.717) is 37.5 Å². The molecule has 0 aromatic heterocycles. The fourth-order valence-corrected chi connectivity index (χ4v) is 3.35. The van der Waals surface area contributed by atoms with Crippen LogP contribution in [0.3, 0.4) is 0 Å². The molecule has 6 nitrogen and oxygen atoms in total. The Hall–Kier alpha value is -1.94. The molecule has 0 bridgehead atoms. The number of nitriles is 1. The van der Waals surface area contributed by atoms with Crippen LogP contribution >= 0.6 is 0 Å². The minimum absolute atomic E-state index is 0.0151. The molecule has 128 valence electrons. The third-order valence-corrected chi connectivity index (χ3v) is 4.74. The fourth-order valence-electron chi connectivity index (χ4n) is 3.35. The molecule has 0 unspecified atom stereocenters. The van der Waals surface area contributed by atoms with Crippen LogP contribution in [0.5, 0.6) is 0 Å². The number of amides is 1. The maximum absolute atomic E-state index is 12.8. The molecule has 0 radical (unpaired) electrons. The highest BCUT2D eigenvalue weighted by molar-refractivity contribution is 5.94. The number of carbonyl (C=O) groups is 1. The third kappa shape index (κ3) is 3.44. The van der Waals surface area contributed by atoms with Gasteiger partial charge in [-0.1, -0.05) is 0 Å². The predicted octanol–water partition coefficient (Wildman–Crippen LogP) is 0.976. The molecule has 3 rings (SSSR count). The van der Waals surface area contributed by atoms with E-state index < -0.39 is 0 Å². The van der Waals surface area contributed by atoms with Gasteiger partial charge in [0.2, 0.25) is 0 Å². The lowest BCUT2D eigenvalue weighted by atomic mass is 10.0. The average molecular weight is 329 g/mol. The van der Waals surface area contributed by atoms with Crippen LogP contribution < -0.4 is 0 Å². The Labute approximate surface area is 142 Å². The molecule has 0 saturated carbocycles. The first kappa shape index (κ1) is 16.9. The highest BCUT2D eigenvalue weighted by atomic mass is 16.5. The van der Waals surface area contributed by atoms with Crippen molar-refractivity contribution >= 4 is 5.91 Å². The molecule has 1 aromatic carbocycles. The van der Waals surface area contributed by atoms with Crippen LogP contribution in [0.4, 0.5) is 0 Å². The molecule has 2 aliphatic rings. The van der Waals surface area contributed by atoms with E-state index in [1.165, 1.54) is 0 Å². The summed E-state index contributed by atoms with van der Waals surface area (Å²) in [5.74, 6) is 0.230. The second-order valence-corrected chi connectivity index (χ2v) is 6.63. The number of fused-ring (bicyclic) bond motifs is 1. The van der Waals surface area contributed by atoms with E-state index in [9.17, 15) is 4.79 Å². The first-order valence-electron chi connectivity index (χ1n) is 8.25. The Bertz CT molecular complexity index is 623. The Morgan fingerprint density at radius 1 is 1.38 bits per heavy atom. The van der Waals surface area contributed by atoms with E-state index in [2.05, 4.69) is 11.0 Å². The van der Waals surface area contributed by atoms with Gasteiger partial charge in [0, 0.05) is 24.6 Å². The highest BCUT2D eigenvalue weighted by Crippen LogP contribution is 2.33. The van der Waals surface area contributed by atoms with Gasteiger partial charge in [-0.15, -0.1) is 0 Å². The SMILES string of the molecule is CN(C)CCO[C@H]1CN(C(=O)c2ccc(C#N)cc2)[C@@H]2COC[C@H]12. The van der Waals surface area contributed by atoms with E-state index in [1.54, 1.807) is 24.3 Å². The van der Waals surface area contributed by atoms with Crippen molar-refractivity contribution < 1.29 is 14.3 Å². The normalized spacial score (nSPS) is 25.8. The zero-order valence-corrected chi connectivity index (χ0v) is 14.1. The van der Waals surface area contributed by atoms with E-state index in [0.717, 1.165) is 6.54 Å². The molecule has 2 aliphatic heterocycles. The van der Waals surface area contributed by atoms with Gasteiger partial charge < -0.3 is 19.3 Å². The van der Waals surface area contributed by atoms with Gasteiger partial charge in [0.25, 0.3) is 5.91 Å². The molecule has 0 spiro atoms. The van der Waals surface area contributed by atoms with Gasteiger partial charge in [0.1, 0.15) is 0 Å². The van der Waals surface area contributed by atoms with Crippen molar-refractivity contribution in [3.63, 3.8) is 0 Å². The van der Waals surface area contributed by atoms with Crippen molar-refractivity contribution in [2.75, 3.05) is 47.0 Å². The van der Waals surface area contributed by atoms with E-state index in [-0.39, 0.29) is 24.0 Å². The van der Waals surface area contributed by atoms with Gasteiger partial charge in [-0.2, -0.15) is 5.26 Å². The van der Waals surface area contributed by atoms with Crippen LogP contribution in [0.15, 0.2) is 24.3 Å². The average Bonchev–Trinajstić information content (AvgIpc) is 3.17. The largest absolute Gasteiger partial charge is 0.379 e. The summed E-state index contributed by atoms with van der Waals surface area (Å²) in [6.07, 6.45) is 0.0276. The Balaban J connectivity index is 1.68. The van der Waals surface area contributed by atoms with Gasteiger partial charge in [-0.05, 0) is 38.4 Å². The number of likely N-dealkylation sites (N-methyl/N-ethyl adjacent to an activating group) is 1. The first-order chi connectivity index (χ1) is 11.6. The lowest BCUT2D eigenvalue weighted by Crippen LogP contribution is -2.38. The molecule has 3 atom stereocenters. The van der Waals surface area contributed by atoms with Gasteiger partial charge in [-0.3, -0.25) is 4.79 Å². The Morgan fingerprint density at radius 2 is 2.12 bits per heavy atom. The summed E-state index contributed by atoms with van der Waals surface area (Å²) in [4.78, 5) is 16.8. The zero-order valence-electron chi connectivity index (χ0n) is 14.1. The second-order valence-electron chi connectivity index (χ2n) is 6.63. The van der Waals surface area contributed by atoms with Crippen molar-refractivity contribution in [2.24, 2.45) is 5.92 Å². The maximum Gasteiger partial charge on any atom is 0.254 e. The van der Waals surface area contributed by atoms with Crippen LogP contribution in [0, 0.1) is 17.2 Å². The third-order valence-electron chi connectivity index (χ3n) is 4.74. The minimum Gasteiger partial charge on any atom is -0.379 e. The van der Waals surface area contributed by atoms with Crippen LogP contribution in [0.1, 0.15) is 15.9 Å². The van der Waals surface area contributed by atoms with Gasteiger partial charge in [-0.25, -0.2) is 0 Å². The number of rotatable bonds is 5. The summed E-state index contributed by atoms with van der Waals surface area (Å²) < 4.78 is 11.6. The number of nitrogens with zero attached hydrogens (tertiary/aromatic N) is 3. The number of carbonyl (C=O) groups excluding carboxylic acids is 1. The molecule has 2 fully saturated rings. The molecule has 1 amide bonds. The van der Waals surface area contributed by atoms with Crippen LogP contribution in [-0.4, -0.2) is 74.9 Å². The van der Waals surface area contributed by atoms with Gasteiger partial charge >= 0.3 is 0 Å². The second kappa shape index (κ2) is 7.31. The van der Waals surface area contributed by atoms with Crippen molar-refractivity contribution in [1.82, 2.24) is 9.80 Å². The quantitative estimate of drug-likeness (QED) is 0.805. The van der Waals surface area contributed by atoms with Crippen LogP contribution in [0.2, 0.25) is 0 Å². The van der Waals surface area contributed by atoms with Crippen molar-refractivity contribution in [3.05, 3.63) is 35.4 Å². The molecule has 0 N–H and O–H groups in total. The number of hydrogen-bond donors (Lipinski definition) is 0. The zero-order chi connectivity index (χ0) is 17.1. The van der Waals surface area contributed by atoms with Gasteiger partial charge in [0.05, 0.1) is 43.6 Å². The Morgan fingerprint density at radius 3 is 2.79 bits per heavy atom. The van der Waals surface area contributed by atoms with Crippen LogP contribution in [-0.2, 0) is 9.47 Å². The maximum atomic E-state index is 12.8. The predicted molar refractivity (Wildman–Crippen MR) is 88.6 cm³/mol. The first-order valence-corrected chi connectivity index (χ1v) is 8.25. The lowest BCUT2D eigenvalue weighted by Gasteiger charge is -2.22. The summed E-state index contributed by atoms with van der Waals surface area (Å²) in [7, 11) is 4.03. The number of benzene rings is 1. The van der Waals surface area contributed by atoms with Gasteiger partial charge in [0.15, 0.2) is 0 Å². The number of likely N-dealkylation sites (tertiary alicyclic amines) is 1. The van der Waals surface area contributed by atoms with E-state index >= 15 is 0 Å². The molecule has 0 aliphatic carbocycles.